The molecule has 2 rings (SSSR count). The van der Waals surface area contributed by atoms with Crippen LogP contribution in [0.1, 0.15) is 33.6 Å². The number of rotatable bonds is 5. The minimum atomic E-state index is 0.193. The molecule has 1 aliphatic rings. The summed E-state index contributed by atoms with van der Waals surface area (Å²) in [5.74, 6) is 0.854. The van der Waals surface area contributed by atoms with E-state index < -0.39 is 0 Å². The molecule has 5 heteroatoms. The average molecular weight is 277 g/mol. The predicted molar refractivity (Wildman–Crippen MR) is 83.0 cm³/mol. The monoisotopic (exact) mass is 277 g/mol. The molecule has 1 aromatic rings. The van der Waals surface area contributed by atoms with Gasteiger partial charge in [0.15, 0.2) is 0 Å². The zero-order chi connectivity index (χ0) is 14.4. The largest absolute Gasteiger partial charge is 0.339 e. The number of nitrogens with one attached hydrogen (secondary N) is 2. The van der Waals surface area contributed by atoms with Gasteiger partial charge in [0, 0.05) is 50.2 Å². The van der Waals surface area contributed by atoms with Crippen molar-refractivity contribution < 1.29 is 0 Å². The van der Waals surface area contributed by atoms with Crippen LogP contribution in [-0.2, 0) is 0 Å². The van der Waals surface area contributed by atoms with Crippen LogP contribution in [0, 0.1) is 0 Å². The first-order valence-corrected chi connectivity index (χ1v) is 7.55. The summed E-state index contributed by atoms with van der Waals surface area (Å²) in [6.45, 7) is 10.7. The van der Waals surface area contributed by atoms with Crippen molar-refractivity contribution in [1.82, 2.24) is 20.6 Å². The number of anilines is 1. The van der Waals surface area contributed by atoms with Gasteiger partial charge < -0.3 is 15.5 Å². The molecule has 0 aliphatic carbocycles. The Morgan fingerprint density at radius 3 is 2.70 bits per heavy atom. The van der Waals surface area contributed by atoms with E-state index >= 15 is 0 Å². The number of hydrogen-bond acceptors (Lipinski definition) is 5. The summed E-state index contributed by atoms with van der Waals surface area (Å²) in [6, 6.07) is 2.40. The van der Waals surface area contributed by atoms with Crippen LogP contribution < -0.4 is 15.5 Å². The highest BCUT2D eigenvalue weighted by Crippen LogP contribution is 2.14. The van der Waals surface area contributed by atoms with E-state index in [0.29, 0.717) is 6.04 Å². The van der Waals surface area contributed by atoms with Crippen LogP contribution in [-0.4, -0.2) is 47.7 Å². The number of piperidine rings is 1. The Bertz CT molecular complexity index is 387. The summed E-state index contributed by atoms with van der Waals surface area (Å²) in [5.41, 5.74) is 0.193. The number of nitrogens with zero attached hydrogens (tertiary/aromatic N) is 3. The van der Waals surface area contributed by atoms with Crippen LogP contribution in [0.2, 0.25) is 0 Å². The van der Waals surface area contributed by atoms with Crippen LogP contribution in [0.4, 0.5) is 5.95 Å². The fourth-order valence-electron chi connectivity index (χ4n) is 2.49. The van der Waals surface area contributed by atoms with Gasteiger partial charge in [-0.25, -0.2) is 9.97 Å². The van der Waals surface area contributed by atoms with E-state index in [1.165, 1.54) is 12.8 Å². The highest BCUT2D eigenvalue weighted by atomic mass is 15.3. The third-order valence-corrected chi connectivity index (χ3v) is 3.47. The van der Waals surface area contributed by atoms with E-state index in [2.05, 4.69) is 46.3 Å². The molecule has 5 nitrogen and oxygen atoms in total. The minimum absolute atomic E-state index is 0.193. The Hall–Kier alpha value is -1.20. The second-order valence-corrected chi connectivity index (χ2v) is 6.46. The van der Waals surface area contributed by atoms with Crippen molar-refractivity contribution in [2.24, 2.45) is 0 Å². The highest BCUT2D eigenvalue weighted by molar-refractivity contribution is 5.29. The van der Waals surface area contributed by atoms with Crippen molar-refractivity contribution in [2.45, 2.75) is 45.2 Å². The molecule has 1 aromatic heterocycles. The molecule has 1 atom stereocenters. The Kier molecular flexibility index (Phi) is 5.31. The van der Waals surface area contributed by atoms with Gasteiger partial charge in [-0.15, -0.1) is 0 Å². The molecule has 2 N–H and O–H groups in total. The maximum atomic E-state index is 4.34. The summed E-state index contributed by atoms with van der Waals surface area (Å²) < 4.78 is 0. The third-order valence-electron chi connectivity index (χ3n) is 3.47. The van der Waals surface area contributed by atoms with Gasteiger partial charge >= 0.3 is 0 Å². The van der Waals surface area contributed by atoms with Gasteiger partial charge in [-0.05, 0) is 39.7 Å². The van der Waals surface area contributed by atoms with Crippen LogP contribution in [0.15, 0.2) is 18.5 Å². The van der Waals surface area contributed by atoms with Crippen molar-refractivity contribution in [2.75, 3.05) is 31.1 Å². The fourth-order valence-corrected chi connectivity index (χ4v) is 2.49. The molecule has 0 radical (unpaired) electrons. The van der Waals surface area contributed by atoms with Crippen molar-refractivity contribution in [1.29, 1.82) is 0 Å². The quantitative estimate of drug-likeness (QED) is 0.797. The molecule has 2 heterocycles. The topological polar surface area (TPSA) is 53.1 Å². The third kappa shape index (κ3) is 5.06. The minimum Gasteiger partial charge on any atom is -0.339 e. The van der Waals surface area contributed by atoms with Crippen LogP contribution in [0.3, 0.4) is 0 Å². The molecule has 1 fully saturated rings. The van der Waals surface area contributed by atoms with Crippen molar-refractivity contribution in [3.05, 3.63) is 18.5 Å². The zero-order valence-electron chi connectivity index (χ0n) is 12.9. The van der Waals surface area contributed by atoms with Gasteiger partial charge in [-0.1, -0.05) is 0 Å². The second-order valence-electron chi connectivity index (χ2n) is 6.46. The maximum absolute atomic E-state index is 4.34. The Labute approximate surface area is 122 Å². The molecule has 0 amide bonds. The molecule has 0 aromatic carbocycles. The van der Waals surface area contributed by atoms with E-state index in [9.17, 15) is 0 Å². The van der Waals surface area contributed by atoms with Gasteiger partial charge in [-0.2, -0.15) is 0 Å². The van der Waals surface area contributed by atoms with E-state index in [1.54, 1.807) is 0 Å². The van der Waals surface area contributed by atoms with Crippen LogP contribution in [0.5, 0.6) is 0 Å². The molecule has 112 valence electrons. The molecule has 1 unspecified atom stereocenters. The second kappa shape index (κ2) is 6.99. The van der Waals surface area contributed by atoms with Gasteiger partial charge in [0.25, 0.3) is 0 Å². The Balaban J connectivity index is 1.74. The lowest BCUT2D eigenvalue weighted by atomic mass is 10.1. The summed E-state index contributed by atoms with van der Waals surface area (Å²) in [6.07, 6.45) is 6.06. The van der Waals surface area contributed by atoms with Crippen molar-refractivity contribution in [3.8, 4) is 0 Å². The zero-order valence-corrected chi connectivity index (χ0v) is 12.9. The summed E-state index contributed by atoms with van der Waals surface area (Å²) in [4.78, 5) is 11.0. The Morgan fingerprint density at radius 1 is 1.25 bits per heavy atom. The molecular formula is C15H27N5. The first kappa shape index (κ1) is 15.2. The molecule has 0 bridgehead atoms. The average Bonchev–Trinajstić information content (AvgIpc) is 2.44. The molecule has 0 saturated carbocycles. The molecule has 1 aliphatic heterocycles. The lowest BCUT2D eigenvalue weighted by Crippen LogP contribution is -2.49. The molecule has 1 saturated heterocycles. The van der Waals surface area contributed by atoms with Crippen molar-refractivity contribution in [3.63, 3.8) is 0 Å². The standard InChI is InChI=1S/C15H27N5/c1-15(2,3)19-10-9-16-13-6-4-11-20(12-13)14-17-7-5-8-18-14/h5,7-8,13,16,19H,4,6,9-12H2,1-3H3. The van der Waals surface area contributed by atoms with E-state index in [4.69, 9.17) is 0 Å². The summed E-state index contributed by atoms with van der Waals surface area (Å²) in [5, 5.41) is 7.14. The number of aromatic nitrogens is 2. The normalized spacial score (nSPS) is 20.1. The van der Waals surface area contributed by atoms with Crippen LogP contribution >= 0.6 is 0 Å². The SMILES string of the molecule is CC(C)(C)NCCNC1CCCN(c2ncccn2)C1. The lowest BCUT2D eigenvalue weighted by Gasteiger charge is -2.33. The fraction of sp³-hybridized carbons (Fsp3) is 0.733. The number of hydrogen-bond donors (Lipinski definition) is 2. The van der Waals surface area contributed by atoms with E-state index in [1.807, 2.05) is 18.5 Å². The van der Waals surface area contributed by atoms with Crippen LogP contribution in [0.25, 0.3) is 0 Å². The maximum Gasteiger partial charge on any atom is 0.225 e. The first-order valence-electron chi connectivity index (χ1n) is 7.55. The van der Waals surface area contributed by atoms with Gasteiger partial charge in [0.2, 0.25) is 5.95 Å². The van der Waals surface area contributed by atoms with Gasteiger partial charge in [0.05, 0.1) is 0 Å². The van der Waals surface area contributed by atoms with E-state index in [-0.39, 0.29) is 5.54 Å². The highest BCUT2D eigenvalue weighted by Gasteiger charge is 2.21. The lowest BCUT2D eigenvalue weighted by molar-refractivity contribution is 0.385. The smallest absolute Gasteiger partial charge is 0.225 e. The molecule has 20 heavy (non-hydrogen) atoms. The molecular weight excluding hydrogens is 250 g/mol. The van der Waals surface area contributed by atoms with Gasteiger partial charge in [0.1, 0.15) is 0 Å². The summed E-state index contributed by atoms with van der Waals surface area (Å²) >= 11 is 0. The molecule has 0 spiro atoms. The predicted octanol–water partition coefficient (Wildman–Crippen LogP) is 1.42. The Morgan fingerprint density at radius 2 is 2.00 bits per heavy atom. The first-order chi connectivity index (χ1) is 9.54. The van der Waals surface area contributed by atoms with Gasteiger partial charge in [-0.3, -0.25) is 0 Å². The van der Waals surface area contributed by atoms with Crippen molar-refractivity contribution >= 4 is 5.95 Å². The van der Waals surface area contributed by atoms with E-state index in [0.717, 1.165) is 32.1 Å². The summed E-state index contributed by atoms with van der Waals surface area (Å²) in [7, 11) is 0.